The molecule has 0 saturated heterocycles. The summed E-state index contributed by atoms with van der Waals surface area (Å²) in [5.74, 6) is -0.190. The molecule has 0 saturated carbocycles. The van der Waals surface area contributed by atoms with E-state index >= 15 is 0 Å². The van der Waals surface area contributed by atoms with Crippen molar-refractivity contribution in [3.8, 4) is 0 Å². The third kappa shape index (κ3) is 4.81. The van der Waals surface area contributed by atoms with E-state index in [-0.39, 0.29) is 17.0 Å². The van der Waals surface area contributed by atoms with Gasteiger partial charge >= 0.3 is 0 Å². The van der Waals surface area contributed by atoms with Crippen LogP contribution in [0.15, 0.2) is 109 Å². The number of hydrogen-bond acceptors (Lipinski definition) is 4. The predicted molar refractivity (Wildman–Crippen MR) is 116 cm³/mol. The van der Waals surface area contributed by atoms with Gasteiger partial charge in [0, 0.05) is 15.7 Å². The van der Waals surface area contributed by atoms with Crippen LogP contribution in [0, 0.1) is 5.92 Å². The average molecular weight is 400 g/mol. The number of Topliss-reactive ketones (excluding diaryl/α,β-unsaturated/α-hetero) is 1. The highest BCUT2D eigenvalue weighted by molar-refractivity contribution is 7.99. The molecule has 0 N–H and O–H groups in total. The van der Waals surface area contributed by atoms with E-state index in [2.05, 4.69) is 34.3 Å². The second-order valence-electron chi connectivity index (χ2n) is 6.72. The fourth-order valence-electron chi connectivity index (χ4n) is 3.33. The van der Waals surface area contributed by atoms with Crippen LogP contribution in [0.4, 0.5) is 0 Å². The summed E-state index contributed by atoms with van der Waals surface area (Å²) in [4.78, 5) is 18.8. The molecule has 0 spiro atoms. The van der Waals surface area contributed by atoms with Crippen molar-refractivity contribution < 1.29 is 4.79 Å². The second kappa shape index (κ2) is 9.34. The summed E-state index contributed by atoms with van der Waals surface area (Å²) in [5, 5.41) is 4.20. The number of ketones is 1. The van der Waals surface area contributed by atoms with Crippen molar-refractivity contribution in [1.82, 2.24) is 14.8 Å². The first-order valence-electron chi connectivity index (χ1n) is 9.49. The maximum Gasteiger partial charge on any atom is 0.169 e. The minimum absolute atomic E-state index is 0.0597. The third-order valence-corrected chi connectivity index (χ3v) is 6.14. The first-order valence-corrected chi connectivity index (χ1v) is 10.4. The smallest absolute Gasteiger partial charge is 0.169 e. The van der Waals surface area contributed by atoms with Gasteiger partial charge in [0.1, 0.15) is 12.7 Å². The minimum atomic E-state index is -0.299. The van der Waals surface area contributed by atoms with E-state index in [0.29, 0.717) is 12.1 Å². The number of thioether (sulfide) groups is 1. The maximum absolute atomic E-state index is 13.6. The highest BCUT2D eigenvalue weighted by atomic mass is 32.2. The Balaban J connectivity index is 1.75. The lowest BCUT2D eigenvalue weighted by Crippen LogP contribution is -2.26. The predicted octanol–water partition coefficient (Wildman–Crippen LogP) is 5.31. The normalized spacial score (nSPS) is 13.0. The Labute approximate surface area is 174 Å². The van der Waals surface area contributed by atoms with Gasteiger partial charge in [0.2, 0.25) is 0 Å². The molecule has 29 heavy (non-hydrogen) atoms. The lowest BCUT2D eigenvalue weighted by Gasteiger charge is -2.26. The van der Waals surface area contributed by atoms with Crippen molar-refractivity contribution in [3.05, 3.63) is 115 Å². The van der Waals surface area contributed by atoms with Gasteiger partial charge in [-0.3, -0.25) is 9.48 Å². The standard InChI is InChI=1S/C24H21N3OS/c28-23(19-10-4-1-5-11-19)22(16-27-18-25-17-26-27)24(20-12-6-2-7-13-20)29-21-14-8-3-9-15-21/h1-15,17-18,22,24H,16H2/t22-,24-/m1/s1. The van der Waals surface area contributed by atoms with E-state index in [0.717, 1.165) is 10.5 Å². The zero-order chi connectivity index (χ0) is 19.9. The number of carbonyl (C=O) groups excluding carboxylic acids is 1. The summed E-state index contributed by atoms with van der Waals surface area (Å²) in [6.07, 6.45) is 3.17. The summed E-state index contributed by atoms with van der Waals surface area (Å²) in [5.41, 5.74) is 1.84. The van der Waals surface area contributed by atoms with Crippen LogP contribution in [0.1, 0.15) is 21.2 Å². The molecule has 0 amide bonds. The molecule has 2 atom stereocenters. The molecule has 0 aliphatic rings. The second-order valence-corrected chi connectivity index (χ2v) is 7.93. The molecule has 0 radical (unpaired) electrons. The van der Waals surface area contributed by atoms with Crippen LogP contribution in [-0.4, -0.2) is 20.5 Å². The molecular formula is C24H21N3OS. The van der Waals surface area contributed by atoms with E-state index in [1.165, 1.54) is 6.33 Å². The third-order valence-electron chi connectivity index (χ3n) is 4.75. The van der Waals surface area contributed by atoms with Crippen molar-refractivity contribution in [2.24, 2.45) is 5.92 Å². The molecular weight excluding hydrogens is 378 g/mol. The van der Waals surface area contributed by atoms with Gasteiger partial charge < -0.3 is 0 Å². The van der Waals surface area contributed by atoms with Crippen molar-refractivity contribution >= 4 is 17.5 Å². The van der Waals surface area contributed by atoms with Gasteiger partial charge in [-0.2, -0.15) is 5.10 Å². The van der Waals surface area contributed by atoms with Crippen molar-refractivity contribution in [1.29, 1.82) is 0 Å². The summed E-state index contributed by atoms with van der Waals surface area (Å²) in [7, 11) is 0. The molecule has 5 heteroatoms. The molecule has 144 valence electrons. The monoisotopic (exact) mass is 399 g/mol. The summed E-state index contributed by atoms with van der Waals surface area (Å²) < 4.78 is 1.74. The Bertz CT molecular complexity index is 1020. The van der Waals surface area contributed by atoms with Crippen molar-refractivity contribution in [2.75, 3.05) is 0 Å². The largest absolute Gasteiger partial charge is 0.294 e. The van der Waals surface area contributed by atoms with E-state index in [9.17, 15) is 4.79 Å². The number of aromatic nitrogens is 3. The van der Waals surface area contributed by atoms with Crippen molar-refractivity contribution in [3.63, 3.8) is 0 Å². The number of hydrogen-bond donors (Lipinski definition) is 0. The maximum atomic E-state index is 13.6. The first kappa shape index (κ1) is 19.2. The summed E-state index contributed by atoms with van der Waals surface area (Å²) >= 11 is 1.71. The molecule has 0 aliphatic carbocycles. The Morgan fingerprint density at radius 1 is 0.862 bits per heavy atom. The molecule has 3 aromatic carbocycles. The van der Waals surface area contributed by atoms with E-state index < -0.39 is 0 Å². The number of benzene rings is 3. The van der Waals surface area contributed by atoms with Gasteiger partial charge in [0.25, 0.3) is 0 Å². The van der Waals surface area contributed by atoms with E-state index in [4.69, 9.17) is 0 Å². The molecule has 0 fully saturated rings. The molecule has 0 aliphatic heterocycles. The van der Waals surface area contributed by atoms with Crippen LogP contribution in [-0.2, 0) is 6.54 Å². The van der Waals surface area contributed by atoms with Gasteiger partial charge in [-0.1, -0.05) is 78.9 Å². The molecule has 0 bridgehead atoms. The Hall–Kier alpha value is -3.18. The minimum Gasteiger partial charge on any atom is -0.294 e. The van der Waals surface area contributed by atoms with Crippen molar-refractivity contribution in [2.45, 2.75) is 16.7 Å². The Morgan fingerprint density at radius 3 is 2.10 bits per heavy atom. The fourth-order valence-corrected chi connectivity index (χ4v) is 4.61. The Kier molecular flexibility index (Phi) is 6.17. The van der Waals surface area contributed by atoms with E-state index in [1.54, 1.807) is 22.8 Å². The van der Waals surface area contributed by atoms with Gasteiger partial charge in [-0.05, 0) is 17.7 Å². The first-order chi connectivity index (χ1) is 14.3. The average Bonchev–Trinajstić information content (AvgIpc) is 3.31. The summed E-state index contributed by atoms with van der Waals surface area (Å²) in [6.45, 7) is 0.465. The SMILES string of the molecule is O=C(c1ccccc1)[C@@H](Cn1cncn1)[C@H](Sc1ccccc1)c1ccccc1. The van der Waals surface area contributed by atoms with Crippen LogP contribution >= 0.6 is 11.8 Å². The van der Waals surface area contributed by atoms with Gasteiger partial charge in [0.15, 0.2) is 5.78 Å². The molecule has 4 aromatic rings. The Morgan fingerprint density at radius 2 is 1.48 bits per heavy atom. The number of rotatable bonds is 8. The lowest BCUT2D eigenvalue weighted by atomic mass is 9.90. The molecule has 1 aromatic heterocycles. The van der Waals surface area contributed by atoms with Gasteiger partial charge in [0.05, 0.1) is 12.5 Å². The molecule has 4 nitrogen and oxygen atoms in total. The van der Waals surface area contributed by atoms with Gasteiger partial charge in [-0.15, -0.1) is 11.8 Å². The van der Waals surface area contributed by atoms with Crippen LogP contribution < -0.4 is 0 Å². The lowest BCUT2D eigenvalue weighted by molar-refractivity contribution is 0.0901. The molecule has 4 rings (SSSR count). The molecule has 0 unspecified atom stereocenters. The van der Waals surface area contributed by atoms with Crippen LogP contribution in [0.25, 0.3) is 0 Å². The summed E-state index contributed by atoms with van der Waals surface area (Å²) in [6, 6.07) is 29.9. The zero-order valence-corrected chi connectivity index (χ0v) is 16.7. The van der Waals surface area contributed by atoms with Crippen LogP contribution in [0.3, 0.4) is 0 Å². The number of nitrogens with zero attached hydrogens (tertiary/aromatic N) is 3. The van der Waals surface area contributed by atoms with Crippen LogP contribution in [0.5, 0.6) is 0 Å². The highest BCUT2D eigenvalue weighted by Crippen LogP contribution is 2.42. The quantitative estimate of drug-likeness (QED) is 0.298. The fraction of sp³-hybridized carbons (Fsp3) is 0.125. The van der Waals surface area contributed by atoms with E-state index in [1.807, 2.05) is 66.7 Å². The van der Waals surface area contributed by atoms with Crippen LogP contribution in [0.2, 0.25) is 0 Å². The highest BCUT2D eigenvalue weighted by Gasteiger charge is 2.32. The zero-order valence-electron chi connectivity index (χ0n) is 15.8. The number of carbonyl (C=O) groups is 1. The topological polar surface area (TPSA) is 47.8 Å². The van der Waals surface area contributed by atoms with Gasteiger partial charge in [-0.25, -0.2) is 4.98 Å². The molecule has 1 heterocycles.